The number of nitrogens with zero attached hydrogens (tertiary/aromatic N) is 3. The first kappa shape index (κ1) is 12.9. The molecule has 0 saturated carbocycles. The van der Waals surface area contributed by atoms with Crippen LogP contribution in [0.3, 0.4) is 0 Å². The number of carbonyl (C=O) groups is 1. The van der Waals surface area contributed by atoms with Gasteiger partial charge in [-0.15, -0.1) is 0 Å². The molecule has 5 nitrogen and oxygen atoms in total. The SMILES string of the molecule is O=C(O)c1cccnc1-c1cccnc1-c1ccccn1. The number of rotatable bonds is 3. The first-order valence-corrected chi connectivity index (χ1v) is 6.32. The highest BCUT2D eigenvalue weighted by Gasteiger charge is 2.17. The van der Waals surface area contributed by atoms with Crippen molar-refractivity contribution in [1.29, 1.82) is 0 Å². The first-order chi connectivity index (χ1) is 10.3. The molecule has 0 saturated heterocycles. The Morgan fingerprint density at radius 1 is 0.810 bits per heavy atom. The summed E-state index contributed by atoms with van der Waals surface area (Å²) < 4.78 is 0. The molecule has 0 radical (unpaired) electrons. The molecule has 0 aliphatic heterocycles. The van der Waals surface area contributed by atoms with Gasteiger partial charge in [-0.25, -0.2) is 4.79 Å². The molecule has 0 bridgehead atoms. The molecule has 0 spiro atoms. The van der Waals surface area contributed by atoms with Gasteiger partial charge in [0.25, 0.3) is 0 Å². The van der Waals surface area contributed by atoms with Crippen LogP contribution < -0.4 is 0 Å². The van der Waals surface area contributed by atoms with Crippen LogP contribution in [-0.2, 0) is 0 Å². The maximum absolute atomic E-state index is 11.4. The monoisotopic (exact) mass is 277 g/mol. The third-order valence-corrected chi connectivity index (χ3v) is 3.01. The van der Waals surface area contributed by atoms with Crippen LogP contribution in [0.25, 0.3) is 22.6 Å². The van der Waals surface area contributed by atoms with Crippen LogP contribution in [-0.4, -0.2) is 26.0 Å². The Morgan fingerprint density at radius 3 is 2.24 bits per heavy atom. The third-order valence-electron chi connectivity index (χ3n) is 3.01. The van der Waals surface area contributed by atoms with Gasteiger partial charge in [-0.1, -0.05) is 6.07 Å². The topological polar surface area (TPSA) is 76.0 Å². The van der Waals surface area contributed by atoms with Crippen molar-refractivity contribution in [2.75, 3.05) is 0 Å². The molecule has 3 rings (SSSR count). The van der Waals surface area contributed by atoms with Crippen LogP contribution in [0.1, 0.15) is 10.4 Å². The fraction of sp³-hybridized carbons (Fsp3) is 0. The molecule has 21 heavy (non-hydrogen) atoms. The van der Waals surface area contributed by atoms with Crippen LogP contribution in [0.5, 0.6) is 0 Å². The first-order valence-electron chi connectivity index (χ1n) is 6.32. The smallest absolute Gasteiger partial charge is 0.337 e. The molecule has 1 N–H and O–H groups in total. The molecule has 0 aliphatic carbocycles. The van der Waals surface area contributed by atoms with Crippen molar-refractivity contribution in [2.45, 2.75) is 0 Å². The van der Waals surface area contributed by atoms with Crippen LogP contribution in [0.4, 0.5) is 0 Å². The van der Waals surface area contributed by atoms with Gasteiger partial charge < -0.3 is 5.11 Å². The Morgan fingerprint density at radius 2 is 1.52 bits per heavy atom. The minimum absolute atomic E-state index is 0.141. The van der Waals surface area contributed by atoms with Crippen LogP contribution >= 0.6 is 0 Å². The minimum Gasteiger partial charge on any atom is -0.478 e. The summed E-state index contributed by atoms with van der Waals surface area (Å²) in [7, 11) is 0. The third kappa shape index (κ3) is 2.49. The van der Waals surface area contributed by atoms with Gasteiger partial charge in [-0.05, 0) is 36.4 Å². The normalized spacial score (nSPS) is 10.3. The molecule has 0 fully saturated rings. The lowest BCUT2D eigenvalue weighted by molar-refractivity contribution is 0.0697. The molecule has 0 amide bonds. The summed E-state index contributed by atoms with van der Waals surface area (Å²) in [6, 6.07) is 12.2. The zero-order chi connectivity index (χ0) is 14.7. The van der Waals surface area contributed by atoms with Gasteiger partial charge in [0.2, 0.25) is 0 Å². The zero-order valence-corrected chi connectivity index (χ0v) is 11.0. The van der Waals surface area contributed by atoms with Gasteiger partial charge >= 0.3 is 5.97 Å². The second-order valence-electron chi connectivity index (χ2n) is 4.32. The number of aromatic carboxylic acids is 1. The number of aromatic nitrogens is 3. The molecule has 0 unspecified atom stereocenters. The molecular formula is C16H11N3O2. The van der Waals surface area contributed by atoms with Crippen LogP contribution in [0.15, 0.2) is 61.1 Å². The average Bonchev–Trinajstić information content (AvgIpc) is 2.55. The number of carboxylic acids is 1. The Balaban J connectivity index is 2.24. The van der Waals surface area contributed by atoms with Gasteiger partial charge in [0, 0.05) is 24.2 Å². The zero-order valence-electron chi connectivity index (χ0n) is 11.0. The number of carboxylic acid groups (broad SMARTS) is 1. The van der Waals surface area contributed by atoms with E-state index in [1.807, 2.05) is 18.2 Å². The molecule has 0 aliphatic rings. The van der Waals surface area contributed by atoms with E-state index in [0.717, 1.165) is 0 Å². The summed E-state index contributed by atoms with van der Waals surface area (Å²) in [6.45, 7) is 0. The highest BCUT2D eigenvalue weighted by Crippen LogP contribution is 2.29. The van der Waals surface area contributed by atoms with Gasteiger partial charge in [-0.3, -0.25) is 15.0 Å². The summed E-state index contributed by atoms with van der Waals surface area (Å²) in [4.78, 5) is 24.2. The van der Waals surface area contributed by atoms with E-state index >= 15 is 0 Å². The highest BCUT2D eigenvalue weighted by molar-refractivity contribution is 5.96. The van der Waals surface area contributed by atoms with E-state index in [0.29, 0.717) is 22.6 Å². The van der Waals surface area contributed by atoms with E-state index < -0.39 is 5.97 Å². The van der Waals surface area contributed by atoms with Gasteiger partial charge in [-0.2, -0.15) is 0 Å². The summed E-state index contributed by atoms with van der Waals surface area (Å²) in [5.74, 6) is -1.02. The van der Waals surface area contributed by atoms with E-state index in [9.17, 15) is 9.90 Å². The standard InChI is InChI=1S/C16H11N3O2/c20-16(21)12-6-4-9-18-14(12)11-5-3-10-19-15(11)13-7-1-2-8-17-13/h1-10H,(H,20,21). The predicted octanol–water partition coefficient (Wildman–Crippen LogP) is 2.90. The molecule has 0 aromatic carbocycles. The van der Waals surface area contributed by atoms with Crippen LogP contribution in [0.2, 0.25) is 0 Å². The minimum atomic E-state index is -1.02. The fourth-order valence-electron chi connectivity index (χ4n) is 2.10. The second kappa shape index (κ2) is 5.50. The number of pyridine rings is 3. The quantitative estimate of drug-likeness (QED) is 0.796. The predicted molar refractivity (Wildman–Crippen MR) is 77.7 cm³/mol. The lowest BCUT2D eigenvalue weighted by atomic mass is 10.0. The average molecular weight is 277 g/mol. The molecule has 3 aromatic heterocycles. The van der Waals surface area contributed by atoms with Crippen molar-refractivity contribution >= 4 is 5.97 Å². The molecule has 5 heteroatoms. The molecular weight excluding hydrogens is 266 g/mol. The van der Waals surface area contributed by atoms with Crippen LogP contribution in [0, 0.1) is 0 Å². The van der Waals surface area contributed by atoms with Crippen molar-refractivity contribution in [1.82, 2.24) is 15.0 Å². The lowest BCUT2D eigenvalue weighted by Crippen LogP contribution is -2.02. The molecule has 0 atom stereocenters. The summed E-state index contributed by atoms with van der Waals surface area (Å²) in [6.07, 6.45) is 4.89. The highest BCUT2D eigenvalue weighted by atomic mass is 16.4. The Hall–Kier alpha value is -3.08. The second-order valence-corrected chi connectivity index (χ2v) is 4.32. The van der Waals surface area contributed by atoms with Crippen molar-refractivity contribution in [3.8, 4) is 22.6 Å². The molecule has 3 aromatic rings. The van der Waals surface area contributed by atoms with E-state index in [4.69, 9.17) is 0 Å². The van der Waals surface area contributed by atoms with E-state index in [1.165, 1.54) is 6.07 Å². The Bertz CT molecular complexity index is 788. The number of hydrogen-bond donors (Lipinski definition) is 1. The Labute approximate surface area is 121 Å². The van der Waals surface area contributed by atoms with Crippen molar-refractivity contribution in [2.24, 2.45) is 0 Å². The molecule has 102 valence electrons. The van der Waals surface area contributed by atoms with Crippen molar-refractivity contribution in [3.63, 3.8) is 0 Å². The van der Waals surface area contributed by atoms with E-state index in [1.54, 1.807) is 36.8 Å². The largest absolute Gasteiger partial charge is 0.478 e. The fourth-order valence-corrected chi connectivity index (χ4v) is 2.10. The summed E-state index contributed by atoms with van der Waals surface area (Å²) in [5, 5.41) is 9.31. The van der Waals surface area contributed by atoms with E-state index in [-0.39, 0.29) is 5.56 Å². The number of hydrogen-bond acceptors (Lipinski definition) is 4. The lowest BCUT2D eigenvalue weighted by Gasteiger charge is -2.09. The van der Waals surface area contributed by atoms with Crippen molar-refractivity contribution < 1.29 is 9.90 Å². The Kier molecular flexibility index (Phi) is 3.39. The van der Waals surface area contributed by atoms with Gasteiger partial charge in [0.1, 0.15) is 0 Å². The van der Waals surface area contributed by atoms with Gasteiger partial charge in [0.05, 0.1) is 22.6 Å². The van der Waals surface area contributed by atoms with E-state index in [2.05, 4.69) is 15.0 Å². The van der Waals surface area contributed by atoms with Crippen molar-refractivity contribution in [3.05, 3.63) is 66.6 Å². The molecule has 3 heterocycles. The maximum Gasteiger partial charge on any atom is 0.337 e. The maximum atomic E-state index is 11.4. The summed E-state index contributed by atoms with van der Waals surface area (Å²) >= 11 is 0. The summed E-state index contributed by atoms with van der Waals surface area (Å²) in [5.41, 5.74) is 2.46. The van der Waals surface area contributed by atoms with Gasteiger partial charge in [0.15, 0.2) is 0 Å².